The van der Waals surface area contributed by atoms with Crippen LogP contribution in [0.25, 0.3) is 10.9 Å². The summed E-state index contributed by atoms with van der Waals surface area (Å²) >= 11 is 6.85. The van der Waals surface area contributed by atoms with Crippen LogP contribution < -0.4 is 5.32 Å². The summed E-state index contributed by atoms with van der Waals surface area (Å²) < 4.78 is 42.7. The minimum Gasteiger partial charge on any atom is -0.508 e. The van der Waals surface area contributed by atoms with Gasteiger partial charge < -0.3 is 15.5 Å². The zero-order valence-corrected chi connectivity index (χ0v) is 18.4. The molecular weight excluding hydrogens is 449 g/mol. The van der Waals surface area contributed by atoms with E-state index in [1.165, 1.54) is 12.1 Å². The molecule has 0 spiro atoms. The maximum atomic E-state index is 14.2. The molecule has 3 aromatic rings. The SMILES string of the molecule is CCSCC(O)(C(Nc1cccc2nc(C)ccc12)c1ccc(Cl)cc1O)C(F)(F)F. The third-order valence-electron chi connectivity index (χ3n) is 4.97. The van der Waals surface area contributed by atoms with E-state index < -0.39 is 29.3 Å². The zero-order chi connectivity index (χ0) is 22.8. The fourth-order valence-corrected chi connectivity index (χ4v) is 4.35. The number of anilines is 1. The van der Waals surface area contributed by atoms with E-state index in [0.29, 0.717) is 22.3 Å². The maximum absolute atomic E-state index is 14.2. The number of pyridine rings is 1. The van der Waals surface area contributed by atoms with E-state index in [-0.39, 0.29) is 10.6 Å². The highest BCUT2D eigenvalue weighted by Crippen LogP contribution is 2.46. The molecule has 0 bridgehead atoms. The van der Waals surface area contributed by atoms with Crippen LogP contribution in [-0.4, -0.2) is 38.5 Å². The molecule has 0 saturated heterocycles. The number of phenols is 1. The van der Waals surface area contributed by atoms with Crippen LogP contribution in [0.15, 0.2) is 48.5 Å². The van der Waals surface area contributed by atoms with E-state index in [4.69, 9.17) is 11.6 Å². The second-order valence-electron chi connectivity index (χ2n) is 7.16. The first-order valence-corrected chi connectivity index (χ1v) is 11.1. The standard InChI is InChI=1S/C22H22ClF3N2O2S/c1-3-31-12-21(30,22(24,25)26)20(16-10-8-14(23)11-19(16)29)28-18-6-4-5-17-15(18)9-7-13(2)27-17/h4-11,20,28-30H,3,12H2,1-2H3. The second kappa shape index (κ2) is 9.14. The van der Waals surface area contributed by atoms with Gasteiger partial charge in [-0.15, -0.1) is 0 Å². The molecule has 0 saturated carbocycles. The monoisotopic (exact) mass is 470 g/mol. The van der Waals surface area contributed by atoms with Crippen LogP contribution in [0.4, 0.5) is 18.9 Å². The van der Waals surface area contributed by atoms with Crippen LogP contribution in [0.3, 0.4) is 0 Å². The Kier molecular flexibility index (Phi) is 6.93. The minimum absolute atomic E-state index is 0.113. The molecule has 0 aliphatic heterocycles. The van der Waals surface area contributed by atoms with Gasteiger partial charge in [0, 0.05) is 33.1 Å². The number of aromatic hydroxyl groups is 1. The number of nitrogens with zero attached hydrogens (tertiary/aromatic N) is 1. The van der Waals surface area contributed by atoms with E-state index in [2.05, 4.69) is 10.3 Å². The first kappa shape index (κ1) is 23.5. The number of fused-ring (bicyclic) bond motifs is 1. The molecule has 0 radical (unpaired) electrons. The molecule has 2 atom stereocenters. The molecule has 0 aliphatic carbocycles. The lowest BCUT2D eigenvalue weighted by Crippen LogP contribution is -2.54. The first-order valence-electron chi connectivity index (χ1n) is 9.55. The average molecular weight is 471 g/mol. The van der Waals surface area contributed by atoms with Gasteiger partial charge in [-0.05, 0) is 49.1 Å². The van der Waals surface area contributed by atoms with E-state index in [0.717, 1.165) is 23.5 Å². The van der Waals surface area contributed by atoms with Crippen molar-refractivity contribution in [2.24, 2.45) is 0 Å². The smallest absolute Gasteiger partial charge is 0.420 e. The van der Waals surface area contributed by atoms with Gasteiger partial charge in [-0.1, -0.05) is 30.7 Å². The summed E-state index contributed by atoms with van der Waals surface area (Å²) in [5, 5.41) is 25.0. The van der Waals surface area contributed by atoms with Crippen molar-refractivity contribution in [3.8, 4) is 5.75 Å². The third-order valence-corrected chi connectivity index (χ3v) is 6.26. The Morgan fingerprint density at radius 2 is 1.90 bits per heavy atom. The number of nitrogens with one attached hydrogen (secondary N) is 1. The van der Waals surface area contributed by atoms with Crippen molar-refractivity contribution < 1.29 is 23.4 Å². The van der Waals surface area contributed by atoms with Crippen LogP contribution in [0.2, 0.25) is 5.02 Å². The molecule has 9 heteroatoms. The van der Waals surface area contributed by atoms with Crippen LogP contribution in [-0.2, 0) is 0 Å². The number of benzene rings is 2. The zero-order valence-electron chi connectivity index (χ0n) is 16.9. The number of rotatable bonds is 7. The van der Waals surface area contributed by atoms with E-state index in [1.807, 2.05) is 6.92 Å². The van der Waals surface area contributed by atoms with Gasteiger partial charge in [0.2, 0.25) is 0 Å². The predicted octanol–water partition coefficient (Wildman–Crippen LogP) is 6.10. The number of aryl methyl sites for hydroxylation is 1. The minimum atomic E-state index is -4.97. The fraction of sp³-hybridized carbons (Fsp3) is 0.318. The van der Waals surface area contributed by atoms with Crippen LogP contribution in [0.1, 0.15) is 24.2 Å². The molecular formula is C22H22ClF3N2O2S. The Hall–Kier alpha value is -2.16. The van der Waals surface area contributed by atoms with Gasteiger partial charge in [0.1, 0.15) is 5.75 Å². The summed E-state index contributed by atoms with van der Waals surface area (Å²) in [5.41, 5.74) is -1.56. The molecule has 0 aliphatic rings. The highest BCUT2D eigenvalue weighted by molar-refractivity contribution is 7.99. The van der Waals surface area contributed by atoms with Gasteiger partial charge in [-0.25, -0.2) is 0 Å². The van der Waals surface area contributed by atoms with Gasteiger partial charge in [0.15, 0.2) is 5.60 Å². The van der Waals surface area contributed by atoms with Gasteiger partial charge >= 0.3 is 6.18 Å². The summed E-state index contributed by atoms with van der Waals surface area (Å²) in [7, 11) is 0. The summed E-state index contributed by atoms with van der Waals surface area (Å²) in [4.78, 5) is 4.41. The molecule has 2 aromatic carbocycles. The summed E-state index contributed by atoms with van der Waals surface area (Å²) in [6.07, 6.45) is -4.97. The molecule has 3 rings (SSSR count). The maximum Gasteiger partial charge on any atom is 0.420 e. The van der Waals surface area contributed by atoms with Crippen molar-refractivity contribution in [2.75, 3.05) is 16.8 Å². The molecule has 166 valence electrons. The molecule has 0 fully saturated rings. The fourth-order valence-electron chi connectivity index (χ4n) is 3.34. The number of aliphatic hydroxyl groups is 1. The van der Waals surface area contributed by atoms with Crippen molar-refractivity contribution >= 4 is 40.0 Å². The molecule has 4 nitrogen and oxygen atoms in total. The van der Waals surface area contributed by atoms with Crippen LogP contribution in [0, 0.1) is 6.92 Å². The van der Waals surface area contributed by atoms with E-state index in [1.54, 1.807) is 37.3 Å². The lowest BCUT2D eigenvalue weighted by molar-refractivity contribution is -0.256. The quantitative estimate of drug-likeness (QED) is 0.389. The third kappa shape index (κ3) is 4.86. The number of halogens is 4. The largest absolute Gasteiger partial charge is 0.508 e. The summed E-state index contributed by atoms with van der Waals surface area (Å²) in [6.45, 7) is 3.53. The van der Waals surface area contributed by atoms with Crippen molar-refractivity contribution in [1.29, 1.82) is 0 Å². The Morgan fingerprint density at radius 1 is 1.16 bits per heavy atom. The summed E-state index contributed by atoms with van der Waals surface area (Å²) in [5.74, 6) is -0.673. The van der Waals surface area contributed by atoms with Crippen molar-refractivity contribution in [3.63, 3.8) is 0 Å². The van der Waals surface area contributed by atoms with Crippen LogP contribution >= 0.6 is 23.4 Å². The Morgan fingerprint density at radius 3 is 2.55 bits per heavy atom. The number of aromatic nitrogens is 1. The van der Waals surface area contributed by atoms with Gasteiger partial charge in [0.05, 0.1) is 11.6 Å². The van der Waals surface area contributed by atoms with Gasteiger partial charge in [-0.2, -0.15) is 24.9 Å². The molecule has 1 aromatic heterocycles. The Balaban J connectivity index is 2.19. The van der Waals surface area contributed by atoms with Crippen molar-refractivity contribution in [3.05, 3.63) is 64.8 Å². The van der Waals surface area contributed by atoms with Crippen LogP contribution in [0.5, 0.6) is 5.75 Å². The number of hydrogen-bond donors (Lipinski definition) is 3. The van der Waals surface area contributed by atoms with Gasteiger partial charge in [0.25, 0.3) is 0 Å². The number of thioether (sulfide) groups is 1. The molecule has 1 heterocycles. The van der Waals surface area contributed by atoms with Gasteiger partial charge in [-0.3, -0.25) is 4.98 Å². The molecule has 31 heavy (non-hydrogen) atoms. The van der Waals surface area contributed by atoms with E-state index >= 15 is 0 Å². The lowest BCUT2D eigenvalue weighted by atomic mass is 9.88. The Labute approximate surface area is 187 Å². The van der Waals surface area contributed by atoms with Crippen molar-refractivity contribution in [1.82, 2.24) is 4.98 Å². The number of phenolic OH excluding ortho intramolecular Hbond substituents is 1. The Bertz CT molecular complexity index is 1080. The highest BCUT2D eigenvalue weighted by Gasteiger charge is 2.59. The first-order chi connectivity index (χ1) is 14.6. The predicted molar refractivity (Wildman–Crippen MR) is 120 cm³/mol. The highest BCUT2D eigenvalue weighted by atomic mass is 35.5. The summed E-state index contributed by atoms with van der Waals surface area (Å²) in [6, 6.07) is 10.7. The number of alkyl halides is 3. The normalized spacial score (nSPS) is 14.9. The lowest BCUT2D eigenvalue weighted by Gasteiger charge is -2.39. The molecule has 0 amide bonds. The number of hydrogen-bond acceptors (Lipinski definition) is 5. The van der Waals surface area contributed by atoms with E-state index in [9.17, 15) is 23.4 Å². The average Bonchev–Trinajstić information content (AvgIpc) is 2.69. The van der Waals surface area contributed by atoms with Crippen molar-refractivity contribution in [2.45, 2.75) is 31.7 Å². The topological polar surface area (TPSA) is 65.4 Å². The molecule has 3 N–H and O–H groups in total. The second-order valence-corrected chi connectivity index (χ2v) is 8.88. The molecule has 2 unspecified atom stereocenters.